The van der Waals surface area contributed by atoms with Gasteiger partial charge in [-0.25, -0.2) is 0 Å². The Hall–Kier alpha value is -1.41. The molecule has 0 spiro atoms. The molecule has 0 radical (unpaired) electrons. The number of ether oxygens (including phenoxy) is 2. The molecule has 0 fully saturated rings. The molecule has 3 heteroatoms. The van der Waals surface area contributed by atoms with Gasteiger partial charge in [-0.1, -0.05) is 83.9 Å². The van der Waals surface area contributed by atoms with E-state index in [1.165, 1.54) is 38.5 Å². The van der Waals surface area contributed by atoms with Gasteiger partial charge in [-0.3, -0.25) is 0 Å². The van der Waals surface area contributed by atoms with Crippen LogP contribution in [0.4, 0.5) is 0 Å². The quantitative estimate of drug-likeness (QED) is 0.305. The Morgan fingerprint density at radius 2 is 1.41 bits per heavy atom. The van der Waals surface area contributed by atoms with Crippen LogP contribution in [0, 0.1) is 11.8 Å². The number of hydrogen-bond donors (Lipinski definition) is 0. The second-order valence-electron chi connectivity index (χ2n) is 8.21. The Labute approximate surface area is 182 Å². The fraction of sp³-hybridized carbons (Fsp3) is 0.615. The van der Waals surface area contributed by atoms with E-state index in [1.807, 2.05) is 12.1 Å². The lowest BCUT2D eigenvalue weighted by Crippen LogP contribution is -2.12. The highest BCUT2D eigenvalue weighted by Gasteiger charge is 2.13. The zero-order chi connectivity index (χ0) is 21.1. The van der Waals surface area contributed by atoms with Crippen molar-refractivity contribution in [3.05, 3.63) is 35.4 Å². The molecule has 0 aliphatic heterocycles. The van der Waals surface area contributed by atoms with Gasteiger partial charge in [0.1, 0.15) is 11.5 Å². The lowest BCUT2D eigenvalue weighted by molar-refractivity contribution is 0.233. The number of rotatable bonds is 14. The molecule has 0 aliphatic rings. The SMILES string of the molecule is CCCCC(CC)COc1ccc2c(OCC(CC)CCCC)c(Cl)ccc2c1. The first-order valence-corrected chi connectivity index (χ1v) is 12.0. The molecule has 162 valence electrons. The van der Waals surface area contributed by atoms with E-state index in [9.17, 15) is 0 Å². The van der Waals surface area contributed by atoms with Gasteiger partial charge in [0.15, 0.2) is 0 Å². The maximum atomic E-state index is 6.49. The van der Waals surface area contributed by atoms with Gasteiger partial charge in [0, 0.05) is 5.39 Å². The zero-order valence-corrected chi connectivity index (χ0v) is 19.6. The Morgan fingerprint density at radius 1 is 0.793 bits per heavy atom. The molecule has 2 nitrogen and oxygen atoms in total. The molecule has 0 heterocycles. The van der Waals surface area contributed by atoms with Gasteiger partial charge in [0.25, 0.3) is 0 Å². The van der Waals surface area contributed by atoms with E-state index in [4.69, 9.17) is 21.1 Å². The van der Waals surface area contributed by atoms with E-state index < -0.39 is 0 Å². The number of unbranched alkanes of at least 4 members (excludes halogenated alkanes) is 2. The summed E-state index contributed by atoms with van der Waals surface area (Å²) in [5.41, 5.74) is 0. The average molecular weight is 419 g/mol. The molecule has 0 saturated carbocycles. The van der Waals surface area contributed by atoms with E-state index in [2.05, 4.69) is 45.9 Å². The summed E-state index contributed by atoms with van der Waals surface area (Å²) in [6.45, 7) is 10.5. The predicted molar refractivity (Wildman–Crippen MR) is 127 cm³/mol. The van der Waals surface area contributed by atoms with Crippen molar-refractivity contribution in [2.75, 3.05) is 13.2 Å². The summed E-state index contributed by atoms with van der Waals surface area (Å²) in [7, 11) is 0. The van der Waals surface area contributed by atoms with Crippen molar-refractivity contribution in [1.29, 1.82) is 0 Å². The summed E-state index contributed by atoms with van der Waals surface area (Å²) in [4.78, 5) is 0. The smallest absolute Gasteiger partial charge is 0.145 e. The van der Waals surface area contributed by atoms with Crippen molar-refractivity contribution < 1.29 is 9.47 Å². The largest absolute Gasteiger partial charge is 0.493 e. The van der Waals surface area contributed by atoms with Crippen LogP contribution in [0.25, 0.3) is 10.8 Å². The van der Waals surface area contributed by atoms with Crippen molar-refractivity contribution in [2.45, 2.75) is 79.1 Å². The predicted octanol–water partition coefficient (Wildman–Crippen LogP) is 8.68. The van der Waals surface area contributed by atoms with E-state index in [0.29, 0.717) is 16.9 Å². The third-order valence-electron chi connectivity index (χ3n) is 5.93. The van der Waals surface area contributed by atoms with Gasteiger partial charge in [-0.2, -0.15) is 0 Å². The topological polar surface area (TPSA) is 18.5 Å². The molecular weight excluding hydrogens is 380 g/mol. The fourth-order valence-electron chi connectivity index (χ4n) is 3.70. The van der Waals surface area contributed by atoms with Gasteiger partial charge in [0.2, 0.25) is 0 Å². The van der Waals surface area contributed by atoms with Crippen LogP contribution in [0.15, 0.2) is 30.3 Å². The number of fused-ring (bicyclic) bond motifs is 1. The normalized spacial score (nSPS) is 13.4. The molecule has 2 rings (SSSR count). The van der Waals surface area contributed by atoms with Crippen molar-refractivity contribution in [3.8, 4) is 11.5 Å². The van der Waals surface area contributed by atoms with Crippen LogP contribution in [0.2, 0.25) is 5.02 Å². The van der Waals surface area contributed by atoms with Crippen molar-refractivity contribution in [3.63, 3.8) is 0 Å². The lowest BCUT2D eigenvalue weighted by atomic mass is 10.0. The van der Waals surface area contributed by atoms with Gasteiger partial charge in [-0.05, 0) is 54.3 Å². The summed E-state index contributed by atoms with van der Waals surface area (Å²) >= 11 is 6.49. The highest BCUT2D eigenvalue weighted by molar-refractivity contribution is 6.33. The van der Waals surface area contributed by atoms with E-state index in [-0.39, 0.29) is 0 Å². The fourth-order valence-corrected chi connectivity index (χ4v) is 3.92. The maximum absolute atomic E-state index is 6.49. The summed E-state index contributed by atoms with van der Waals surface area (Å²) in [5, 5.41) is 2.86. The first-order valence-electron chi connectivity index (χ1n) is 11.6. The summed E-state index contributed by atoms with van der Waals surface area (Å²) in [5.74, 6) is 2.94. The molecule has 2 unspecified atom stereocenters. The molecule has 2 aromatic carbocycles. The number of halogens is 1. The third-order valence-corrected chi connectivity index (χ3v) is 6.23. The minimum atomic E-state index is 0.581. The first-order chi connectivity index (χ1) is 14.1. The highest BCUT2D eigenvalue weighted by Crippen LogP contribution is 2.36. The van der Waals surface area contributed by atoms with E-state index >= 15 is 0 Å². The van der Waals surface area contributed by atoms with Gasteiger partial charge in [0.05, 0.1) is 18.2 Å². The average Bonchev–Trinajstić information content (AvgIpc) is 2.75. The minimum absolute atomic E-state index is 0.581. The molecule has 29 heavy (non-hydrogen) atoms. The van der Waals surface area contributed by atoms with E-state index in [1.54, 1.807) is 0 Å². The van der Waals surface area contributed by atoms with Gasteiger partial charge < -0.3 is 9.47 Å². The lowest BCUT2D eigenvalue weighted by Gasteiger charge is -2.18. The number of hydrogen-bond acceptors (Lipinski definition) is 2. The second-order valence-corrected chi connectivity index (χ2v) is 8.62. The summed E-state index contributed by atoms with van der Waals surface area (Å²) in [6.07, 6.45) is 9.75. The molecule has 0 N–H and O–H groups in total. The second kappa shape index (κ2) is 13.0. The van der Waals surface area contributed by atoms with Crippen LogP contribution in [0.1, 0.15) is 79.1 Å². The molecule has 0 saturated heterocycles. The third kappa shape index (κ3) is 7.41. The van der Waals surface area contributed by atoms with Crippen LogP contribution in [-0.2, 0) is 0 Å². The molecule has 0 aromatic heterocycles. The maximum Gasteiger partial charge on any atom is 0.145 e. The van der Waals surface area contributed by atoms with Gasteiger partial charge in [-0.15, -0.1) is 0 Å². The molecule has 0 amide bonds. The Balaban J connectivity index is 2.08. The number of benzene rings is 2. The van der Waals surface area contributed by atoms with Crippen LogP contribution < -0.4 is 9.47 Å². The van der Waals surface area contributed by atoms with Crippen LogP contribution in [0.5, 0.6) is 11.5 Å². The highest BCUT2D eigenvalue weighted by atomic mass is 35.5. The van der Waals surface area contributed by atoms with Crippen molar-refractivity contribution in [1.82, 2.24) is 0 Å². The first kappa shape index (κ1) is 23.9. The minimum Gasteiger partial charge on any atom is -0.493 e. The molecule has 2 atom stereocenters. The van der Waals surface area contributed by atoms with E-state index in [0.717, 1.165) is 48.3 Å². The van der Waals surface area contributed by atoms with Crippen LogP contribution in [-0.4, -0.2) is 13.2 Å². The van der Waals surface area contributed by atoms with Crippen LogP contribution >= 0.6 is 11.6 Å². The van der Waals surface area contributed by atoms with Crippen molar-refractivity contribution in [2.24, 2.45) is 11.8 Å². The monoisotopic (exact) mass is 418 g/mol. The van der Waals surface area contributed by atoms with Crippen LogP contribution in [0.3, 0.4) is 0 Å². The summed E-state index contributed by atoms with van der Waals surface area (Å²) < 4.78 is 12.3. The summed E-state index contributed by atoms with van der Waals surface area (Å²) in [6, 6.07) is 10.2. The standard InChI is InChI=1S/C26H39ClO2/c1-5-9-11-20(7-3)18-28-23-14-15-24-22(17-23)13-16-25(27)26(24)29-19-21(8-4)12-10-6-2/h13-17,20-21H,5-12,18-19H2,1-4H3. The molecule has 0 bridgehead atoms. The Morgan fingerprint density at radius 3 is 2.00 bits per heavy atom. The molecular formula is C26H39ClO2. The molecule has 0 aliphatic carbocycles. The molecule has 2 aromatic rings. The Kier molecular flexibility index (Phi) is 10.7. The Bertz CT molecular complexity index is 728. The van der Waals surface area contributed by atoms with Gasteiger partial charge >= 0.3 is 0 Å². The van der Waals surface area contributed by atoms with Crippen molar-refractivity contribution >= 4 is 22.4 Å². The zero-order valence-electron chi connectivity index (χ0n) is 18.8.